The molecule has 0 aromatic rings. The minimum absolute atomic E-state index is 0.0338. The Morgan fingerprint density at radius 1 is 1.41 bits per heavy atom. The minimum Gasteiger partial charge on any atom is -0.396 e. The van der Waals surface area contributed by atoms with Crippen molar-refractivity contribution in [3.63, 3.8) is 0 Å². The molecule has 0 aromatic carbocycles. The van der Waals surface area contributed by atoms with Crippen molar-refractivity contribution in [1.82, 2.24) is 4.90 Å². The highest BCUT2D eigenvalue weighted by Gasteiger charge is 2.35. The van der Waals surface area contributed by atoms with Crippen LogP contribution in [0.4, 0.5) is 0 Å². The van der Waals surface area contributed by atoms with E-state index in [1.165, 1.54) is 0 Å². The largest absolute Gasteiger partial charge is 0.396 e. The fraction of sp³-hybridized carbons (Fsp3) is 1.00. The molecule has 2 saturated heterocycles. The molecular formula is C13H25NO3. The maximum Gasteiger partial charge on any atom is 0.0700 e. The van der Waals surface area contributed by atoms with Gasteiger partial charge in [0.2, 0.25) is 0 Å². The molecule has 2 fully saturated rings. The monoisotopic (exact) mass is 243 g/mol. The minimum atomic E-state index is -0.0338. The third-order valence-corrected chi connectivity index (χ3v) is 3.98. The predicted molar refractivity (Wildman–Crippen MR) is 66.0 cm³/mol. The zero-order valence-electron chi connectivity index (χ0n) is 10.9. The van der Waals surface area contributed by atoms with E-state index in [0.29, 0.717) is 12.7 Å². The van der Waals surface area contributed by atoms with E-state index in [2.05, 4.69) is 11.8 Å². The molecule has 2 unspecified atom stereocenters. The third kappa shape index (κ3) is 3.41. The van der Waals surface area contributed by atoms with E-state index in [1.807, 2.05) is 0 Å². The molecule has 0 aromatic heterocycles. The molecule has 2 aliphatic rings. The first-order chi connectivity index (χ1) is 8.28. The van der Waals surface area contributed by atoms with Crippen LogP contribution in [0, 0.1) is 5.41 Å². The van der Waals surface area contributed by atoms with Gasteiger partial charge >= 0.3 is 0 Å². The Kier molecular flexibility index (Phi) is 4.79. The lowest BCUT2D eigenvalue weighted by molar-refractivity contribution is -0.0851. The number of aliphatic hydroxyl groups excluding tert-OH is 1. The molecular weight excluding hydrogens is 218 g/mol. The number of rotatable bonds is 4. The average molecular weight is 243 g/mol. The lowest BCUT2D eigenvalue weighted by Gasteiger charge is -2.42. The van der Waals surface area contributed by atoms with Crippen LogP contribution in [0.2, 0.25) is 0 Å². The van der Waals surface area contributed by atoms with Gasteiger partial charge in [-0.15, -0.1) is 0 Å². The van der Waals surface area contributed by atoms with Gasteiger partial charge in [0.1, 0.15) is 0 Å². The Hall–Kier alpha value is -0.160. The molecule has 0 aliphatic carbocycles. The van der Waals surface area contributed by atoms with Crippen molar-refractivity contribution in [1.29, 1.82) is 0 Å². The van der Waals surface area contributed by atoms with Crippen LogP contribution in [0.5, 0.6) is 0 Å². The number of nitrogens with zero attached hydrogens (tertiary/aromatic N) is 1. The molecule has 2 atom stereocenters. The summed E-state index contributed by atoms with van der Waals surface area (Å²) in [5.41, 5.74) is -0.0338. The van der Waals surface area contributed by atoms with Crippen molar-refractivity contribution < 1.29 is 14.6 Å². The molecule has 100 valence electrons. The van der Waals surface area contributed by atoms with E-state index in [1.54, 1.807) is 0 Å². The molecule has 2 aliphatic heterocycles. The van der Waals surface area contributed by atoms with Crippen molar-refractivity contribution in [2.75, 3.05) is 46.1 Å². The fourth-order valence-electron chi connectivity index (χ4n) is 2.85. The Balaban J connectivity index is 1.88. The molecule has 2 heterocycles. The van der Waals surface area contributed by atoms with Crippen molar-refractivity contribution in [2.45, 2.75) is 32.3 Å². The Bertz CT molecular complexity index is 229. The maximum atomic E-state index is 9.66. The van der Waals surface area contributed by atoms with E-state index in [0.717, 1.165) is 52.1 Å². The highest BCUT2D eigenvalue weighted by atomic mass is 16.5. The van der Waals surface area contributed by atoms with Gasteiger partial charge in [-0.05, 0) is 19.3 Å². The number of ether oxygens (including phenoxy) is 2. The molecule has 17 heavy (non-hydrogen) atoms. The fourth-order valence-corrected chi connectivity index (χ4v) is 2.85. The summed E-state index contributed by atoms with van der Waals surface area (Å²) in [5, 5.41) is 9.66. The normalized spacial score (nSPS) is 36.0. The Labute approximate surface area is 104 Å². The summed E-state index contributed by atoms with van der Waals surface area (Å²) in [6.07, 6.45) is 3.59. The topological polar surface area (TPSA) is 41.9 Å². The van der Waals surface area contributed by atoms with E-state index >= 15 is 0 Å². The van der Waals surface area contributed by atoms with Crippen LogP contribution in [0.25, 0.3) is 0 Å². The van der Waals surface area contributed by atoms with Gasteiger partial charge in [0, 0.05) is 31.7 Å². The molecule has 2 rings (SSSR count). The van der Waals surface area contributed by atoms with Gasteiger partial charge in [-0.2, -0.15) is 0 Å². The third-order valence-electron chi connectivity index (χ3n) is 3.98. The molecule has 4 heteroatoms. The predicted octanol–water partition coefficient (Wildman–Crippen LogP) is 0.886. The molecule has 0 radical (unpaired) electrons. The number of aliphatic hydroxyl groups is 1. The highest BCUT2D eigenvalue weighted by molar-refractivity contribution is 4.86. The molecule has 1 N–H and O–H groups in total. The zero-order chi connectivity index (χ0) is 12.1. The van der Waals surface area contributed by atoms with Gasteiger partial charge in [0.25, 0.3) is 0 Å². The van der Waals surface area contributed by atoms with Gasteiger partial charge in [0.05, 0.1) is 25.9 Å². The summed E-state index contributed by atoms with van der Waals surface area (Å²) in [4.78, 5) is 2.43. The van der Waals surface area contributed by atoms with E-state index in [-0.39, 0.29) is 12.0 Å². The summed E-state index contributed by atoms with van der Waals surface area (Å²) in [6.45, 7) is 7.71. The van der Waals surface area contributed by atoms with Crippen molar-refractivity contribution in [3.05, 3.63) is 0 Å². The second-order valence-corrected chi connectivity index (χ2v) is 5.45. The molecule has 0 amide bonds. The second-order valence-electron chi connectivity index (χ2n) is 5.45. The summed E-state index contributed by atoms with van der Waals surface area (Å²) in [6, 6.07) is 0. The van der Waals surface area contributed by atoms with Crippen LogP contribution in [0.3, 0.4) is 0 Å². The standard InChI is InChI=1S/C13H25NO3/c1-2-12-8-14(5-7-17-12)9-13(10-15)4-3-6-16-11-13/h12,15H,2-11H2,1H3. The zero-order valence-corrected chi connectivity index (χ0v) is 10.9. The van der Waals surface area contributed by atoms with Crippen LogP contribution in [-0.2, 0) is 9.47 Å². The quantitative estimate of drug-likeness (QED) is 0.796. The van der Waals surface area contributed by atoms with Crippen LogP contribution in [0.1, 0.15) is 26.2 Å². The van der Waals surface area contributed by atoms with Crippen molar-refractivity contribution >= 4 is 0 Å². The lowest BCUT2D eigenvalue weighted by Crippen LogP contribution is -2.51. The lowest BCUT2D eigenvalue weighted by atomic mass is 9.82. The smallest absolute Gasteiger partial charge is 0.0700 e. The van der Waals surface area contributed by atoms with E-state index in [9.17, 15) is 5.11 Å². The first kappa shape index (κ1) is 13.3. The van der Waals surface area contributed by atoms with Gasteiger partial charge in [-0.25, -0.2) is 0 Å². The van der Waals surface area contributed by atoms with E-state index < -0.39 is 0 Å². The van der Waals surface area contributed by atoms with Crippen LogP contribution in [0.15, 0.2) is 0 Å². The van der Waals surface area contributed by atoms with Gasteiger partial charge in [0.15, 0.2) is 0 Å². The van der Waals surface area contributed by atoms with E-state index in [4.69, 9.17) is 9.47 Å². The van der Waals surface area contributed by atoms with Crippen molar-refractivity contribution in [2.24, 2.45) is 5.41 Å². The summed E-state index contributed by atoms with van der Waals surface area (Å²) in [7, 11) is 0. The number of hydrogen-bond acceptors (Lipinski definition) is 4. The second kappa shape index (κ2) is 6.14. The van der Waals surface area contributed by atoms with Gasteiger partial charge < -0.3 is 14.6 Å². The molecule has 0 bridgehead atoms. The average Bonchev–Trinajstić information content (AvgIpc) is 2.40. The summed E-state index contributed by atoms with van der Waals surface area (Å²) in [5.74, 6) is 0. The SMILES string of the molecule is CCC1CN(CC2(CO)CCCOC2)CCO1. The molecule has 4 nitrogen and oxygen atoms in total. The first-order valence-electron chi connectivity index (χ1n) is 6.80. The van der Waals surface area contributed by atoms with Crippen LogP contribution in [-0.4, -0.2) is 62.2 Å². The number of hydrogen-bond donors (Lipinski definition) is 1. The highest BCUT2D eigenvalue weighted by Crippen LogP contribution is 2.29. The molecule has 0 saturated carbocycles. The molecule has 0 spiro atoms. The summed E-state index contributed by atoms with van der Waals surface area (Å²) < 4.78 is 11.2. The van der Waals surface area contributed by atoms with Gasteiger partial charge in [-0.1, -0.05) is 6.92 Å². The number of morpholine rings is 1. The first-order valence-corrected chi connectivity index (χ1v) is 6.80. The maximum absolute atomic E-state index is 9.66. The van der Waals surface area contributed by atoms with Gasteiger partial charge in [-0.3, -0.25) is 4.90 Å². The Morgan fingerprint density at radius 3 is 2.94 bits per heavy atom. The summed E-state index contributed by atoms with van der Waals surface area (Å²) >= 11 is 0. The van der Waals surface area contributed by atoms with Crippen LogP contribution >= 0.6 is 0 Å². The van der Waals surface area contributed by atoms with Crippen LogP contribution < -0.4 is 0 Å². The Morgan fingerprint density at radius 2 is 2.29 bits per heavy atom. The van der Waals surface area contributed by atoms with Crippen molar-refractivity contribution in [3.8, 4) is 0 Å².